The first-order valence-corrected chi connectivity index (χ1v) is 9.54. The first kappa shape index (κ1) is 18.6. The van der Waals surface area contributed by atoms with Gasteiger partial charge in [0.15, 0.2) is 0 Å². The Balaban J connectivity index is 1.80. The highest BCUT2D eigenvalue weighted by molar-refractivity contribution is 5.96. The van der Waals surface area contributed by atoms with Crippen LogP contribution in [0, 0.1) is 5.82 Å². The molecule has 0 spiro atoms. The van der Waals surface area contributed by atoms with Gasteiger partial charge in [-0.05, 0) is 35.7 Å². The summed E-state index contributed by atoms with van der Waals surface area (Å²) in [5.74, 6) is -0.169. The molecule has 2 aromatic carbocycles. The average molecular weight is 354 g/mol. The quantitative estimate of drug-likeness (QED) is 0.700. The zero-order valence-electron chi connectivity index (χ0n) is 15.4. The molecule has 26 heavy (non-hydrogen) atoms. The third-order valence-corrected chi connectivity index (χ3v) is 5.02. The molecular formula is C22H27FN2O. The van der Waals surface area contributed by atoms with Crippen molar-refractivity contribution in [2.24, 2.45) is 0 Å². The molecule has 1 amide bonds. The van der Waals surface area contributed by atoms with Gasteiger partial charge < -0.3 is 5.32 Å². The lowest BCUT2D eigenvalue weighted by molar-refractivity contribution is -0.121. The first-order chi connectivity index (χ1) is 12.7. The molecule has 2 aromatic rings. The average Bonchev–Trinajstić information content (AvgIpc) is 2.77. The van der Waals surface area contributed by atoms with Crippen molar-refractivity contribution in [2.75, 3.05) is 5.32 Å². The van der Waals surface area contributed by atoms with E-state index >= 15 is 0 Å². The Morgan fingerprint density at radius 3 is 2.62 bits per heavy atom. The van der Waals surface area contributed by atoms with E-state index in [-0.39, 0.29) is 17.8 Å². The minimum absolute atomic E-state index is 0.0635. The zero-order chi connectivity index (χ0) is 18.4. The highest BCUT2D eigenvalue weighted by Gasteiger charge is 2.29. The predicted octanol–water partition coefficient (Wildman–Crippen LogP) is 5.12. The standard InChI is InChI=1S/C22H27FN2O/c1-2-3-4-5-10-21-22(26)24-20-9-7-6-8-18(20)16-25(21)15-17-11-13-19(23)14-12-17/h6-9,11-14,21H,2-5,10,15-16H2,1H3,(H,24,26). The maximum atomic E-state index is 13.2. The van der Waals surface area contributed by atoms with Crippen LogP contribution in [0.4, 0.5) is 10.1 Å². The number of hydrogen-bond acceptors (Lipinski definition) is 2. The van der Waals surface area contributed by atoms with Gasteiger partial charge >= 0.3 is 0 Å². The van der Waals surface area contributed by atoms with Crippen LogP contribution in [0.2, 0.25) is 0 Å². The van der Waals surface area contributed by atoms with Gasteiger partial charge in [-0.25, -0.2) is 4.39 Å². The number of rotatable bonds is 7. The Hall–Kier alpha value is -2.20. The van der Waals surface area contributed by atoms with E-state index in [1.165, 1.54) is 25.0 Å². The number of nitrogens with zero attached hydrogens (tertiary/aromatic N) is 1. The van der Waals surface area contributed by atoms with E-state index in [0.29, 0.717) is 13.1 Å². The molecule has 4 heteroatoms. The summed E-state index contributed by atoms with van der Waals surface area (Å²) in [5, 5.41) is 3.10. The molecule has 1 N–H and O–H groups in total. The number of anilines is 1. The Labute approximate surface area is 155 Å². The summed E-state index contributed by atoms with van der Waals surface area (Å²) in [5.41, 5.74) is 3.05. The molecule has 0 aliphatic carbocycles. The van der Waals surface area contributed by atoms with Crippen molar-refractivity contribution >= 4 is 11.6 Å². The second-order valence-electron chi connectivity index (χ2n) is 7.04. The fourth-order valence-electron chi connectivity index (χ4n) is 3.56. The summed E-state index contributed by atoms with van der Waals surface area (Å²) in [7, 11) is 0. The number of halogens is 1. The molecule has 0 radical (unpaired) electrons. The second kappa shape index (κ2) is 8.95. The van der Waals surface area contributed by atoms with Crippen molar-refractivity contribution in [3.63, 3.8) is 0 Å². The molecule has 0 bridgehead atoms. The van der Waals surface area contributed by atoms with Crippen molar-refractivity contribution < 1.29 is 9.18 Å². The summed E-state index contributed by atoms with van der Waals surface area (Å²) in [4.78, 5) is 15.1. The number of para-hydroxylation sites is 1. The molecule has 0 saturated heterocycles. The third-order valence-electron chi connectivity index (χ3n) is 5.02. The molecule has 0 fully saturated rings. The SMILES string of the molecule is CCCCCCC1C(=O)Nc2ccccc2CN1Cc1ccc(F)cc1. The normalized spacial score (nSPS) is 17.5. The Bertz CT molecular complexity index is 729. The highest BCUT2D eigenvalue weighted by atomic mass is 19.1. The van der Waals surface area contributed by atoms with Crippen LogP contribution in [0.1, 0.15) is 50.2 Å². The number of carbonyl (C=O) groups excluding carboxylic acids is 1. The van der Waals surface area contributed by atoms with E-state index in [0.717, 1.165) is 36.1 Å². The van der Waals surface area contributed by atoms with Crippen molar-refractivity contribution in [1.29, 1.82) is 0 Å². The lowest BCUT2D eigenvalue weighted by atomic mass is 10.0. The van der Waals surface area contributed by atoms with Crippen molar-refractivity contribution in [1.82, 2.24) is 4.90 Å². The third kappa shape index (κ3) is 4.70. The fourth-order valence-corrected chi connectivity index (χ4v) is 3.56. The van der Waals surface area contributed by atoms with Gasteiger partial charge in [-0.1, -0.05) is 62.9 Å². The van der Waals surface area contributed by atoms with Crippen LogP contribution >= 0.6 is 0 Å². The van der Waals surface area contributed by atoms with E-state index in [1.807, 2.05) is 18.2 Å². The molecule has 1 unspecified atom stereocenters. The number of unbranched alkanes of at least 4 members (excludes halogenated alkanes) is 3. The summed E-state index contributed by atoms with van der Waals surface area (Å²) >= 11 is 0. The summed E-state index contributed by atoms with van der Waals surface area (Å²) < 4.78 is 13.2. The molecular weight excluding hydrogens is 327 g/mol. The van der Waals surface area contributed by atoms with Gasteiger partial charge in [0.1, 0.15) is 5.82 Å². The van der Waals surface area contributed by atoms with Crippen LogP contribution in [0.5, 0.6) is 0 Å². The minimum Gasteiger partial charge on any atom is -0.324 e. The largest absolute Gasteiger partial charge is 0.324 e. The number of carbonyl (C=O) groups is 1. The topological polar surface area (TPSA) is 32.3 Å². The number of nitrogens with one attached hydrogen (secondary N) is 1. The van der Waals surface area contributed by atoms with Crippen LogP contribution in [0.25, 0.3) is 0 Å². The van der Waals surface area contributed by atoms with Gasteiger partial charge in [0, 0.05) is 18.8 Å². The number of amides is 1. The molecule has 1 aliphatic rings. The van der Waals surface area contributed by atoms with Crippen LogP contribution < -0.4 is 5.32 Å². The zero-order valence-corrected chi connectivity index (χ0v) is 15.4. The van der Waals surface area contributed by atoms with Gasteiger partial charge in [0.05, 0.1) is 6.04 Å². The maximum absolute atomic E-state index is 13.2. The lowest BCUT2D eigenvalue weighted by Crippen LogP contribution is -2.41. The Kier molecular flexibility index (Phi) is 6.40. The van der Waals surface area contributed by atoms with E-state index in [9.17, 15) is 9.18 Å². The molecule has 138 valence electrons. The lowest BCUT2D eigenvalue weighted by Gasteiger charge is -2.28. The van der Waals surface area contributed by atoms with Gasteiger partial charge in [-0.15, -0.1) is 0 Å². The van der Waals surface area contributed by atoms with Crippen LogP contribution in [-0.2, 0) is 17.9 Å². The van der Waals surface area contributed by atoms with E-state index < -0.39 is 0 Å². The summed E-state index contributed by atoms with van der Waals surface area (Å²) in [6.45, 7) is 3.54. The van der Waals surface area contributed by atoms with Crippen LogP contribution in [0.15, 0.2) is 48.5 Å². The molecule has 1 aliphatic heterocycles. The van der Waals surface area contributed by atoms with Gasteiger partial charge in [-0.2, -0.15) is 0 Å². The fraction of sp³-hybridized carbons (Fsp3) is 0.409. The smallest absolute Gasteiger partial charge is 0.241 e. The van der Waals surface area contributed by atoms with Crippen molar-refractivity contribution in [3.05, 3.63) is 65.5 Å². The first-order valence-electron chi connectivity index (χ1n) is 9.54. The molecule has 1 heterocycles. The Morgan fingerprint density at radius 2 is 1.85 bits per heavy atom. The maximum Gasteiger partial charge on any atom is 0.241 e. The molecule has 1 atom stereocenters. The number of benzene rings is 2. The minimum atomic E-state index is -0.233. The summed E-state index contributed by atoms with van der Waals surface area (Å²) in [6.07, 6.45) is 5.43. The predicted molar refractivity (Wildman–Crippen MR) is 103 cm³/mol. The van der Waals surface area contributed by atoms with Crippen molar-refractivity contribution in [3.8, 4) is 0 Å². The van der Waals surface area contributed by atoms with Gasteiger partial charge in [-0.3, -0.25) is 9.69 Å². The Morgan fingerprint density at radius 1 is 1.08 bits per heavy atom. The number of hydrogen-bond donors (Lipinski definition) is 1. The number of fused-ring (bicyclic) bond motifs is 1. The van der Waals surface area contributed by atoms with Crippen LogP contribution in [0.3, 0.4) is 0 Å². The summed E-state index contributed by atoms with van der Waals surface area (Å²) in [6, 6.07) is 14.4. The van der Waals surface area contributed by atoms with Gasteiger partial charge in [0.2, 0.25) is 5.91 Å². The van der Waals surface area contributed by atoms with E-state index in [1.54, 1.807) is 12.1 Å². The molecule has 0 saturated carbocycles. The van der Waals surface area contributed by atoms with E-state index in [4.69, 9.17) is 0 Å². The molecule has 3 rings (SSSR count). The van der Waals surface area contributed by atoms with E-state index in [2.05, 4.69) is 23.2 Å². The second-order valence-corrected chi connectivity index (χ2v) is 7.04. The van der Waals surface area contributed by atoms with Crippen LogP contribution in [-0.4, -0.2) is 16.8 Å². The highest BCUT2D eigenvalue weighted by Crippen LogP contribution is 2.26. The molecule has 3 nitrogen and oxygen atoms in total. The van der Waals surface area contributed by atoms with Gasteiger partial charge in [0.25, 0.3) is 0 Å². The monoisotopic (exact) mass is 354 g/mol. The molecule has 0 aromatic heterocycles. The van der Waals surface area contributed by atoms with Crippen molar-refractivity contribution in [2.45, 2.75) is 58.2 Å².